The molecule has 0 unspecified atom stereocenters. The van der Waals surface area contributed by atoms with Crippen LogP contribution in [0.2, 0.25) is 0 Å². The van der Waals surface area contributed by atoms with Crippen molar-refractivity contribution in [2.75, 3.05) is 14.1 Å². The highest BCUT2D eigenvalue weighted by atomic mass is 19.1. The highest BCUT2D eigenvalue weighted by Gasteiger charge is 2.14. The number of hydrogen-bond acceptors (Lipinski definition) is 3. The van der Waals surface area contributed by atoms with Gasteiger partial charge in [-0.1, -0.05) is 6.07 Å². The van der Waals surface area contributed by atoms with E-state index >= 15 is 0 Å². The molecule has 0 saturated heterocycles. The van der Waals surface area contributed by atoms with E-state index in [1.165, 1.54) is 17.9 Å². The average Bonchev–Trinajstić information content (AvgIpc) is 2.47. The van der Waals surface area contributed by atoms with Crippen molar-refractivity contribution in [2.24, 2.45) is 0 Å². The fourth-order valence-corrected chi connectivity index (χ4v) is 1.67. The minimum absolute atomic E-state index is 0.166. The van der Waals surface area contributed by atoms with Crippen molar-refractivity contribution < 1.29 is 18.3 Å². The number of hydrogen-bond donors (Lipinski definition) is 0. The maximum atomic E-state index is 13.8. The summed E-state index contributed by atoms with van der Waals surface area (Å²) in [5.41, 5.74) is 0.234. The third kappa shape index (κ3) is 3.16. The molecule has 1 amide bonds. The quantitative estimate of drug-likeness (QED) is 0.872. The molecule has 0 saturated carbocycles. The minimum Gasteiger partial charge on any atom is -0.436 e. The molecule has 1 aromatic carbocycles. The first-order chi connectivity index (χ1) is 9.90. The monoisotopic (exact) mass is 292 g/mol. The molecule has 0 radical (unpaired) electrons. The Morgan fingerprint density at radius 1 is 1.29 bits per heavy atom. The Bertz CT molecular complexity index is 687. The maximum absolute atomic E-state index is 13.8. The summed E-state index contributed by atoms with van der Waals surface area (Å²) in [6.45, 7) is 1.30. The van der Waals surface area contributed by atoms with Crippen LogP contribution in [0.15, 0.2) is 30.5 Å². The van der Waals surface area contributed by atoms with Gasteiger partial charge in [-0.05, 0) is 25.1 Å². The summed E-state index contributed by atoms with van der Waals surface area (Å²) in [6, 6.07) is 6.27. The zero-order chi connectivity index (χ0) is 15.6. The molecule has 110 valence electrons. The van der Waals surface area contributed by atoms with Crippen LogP contribution in [0.4, 0.5) is 8.78 Å². The third-order valence-corrected chi connectivity index (χ3v) is 2.87. The molecule has 2 aromatic rings. The number of halogens is 2. The van der Waals surface area contributed by atoms with Gasteiger partial charge in [-0.3, -0.25) is 4.79 Å². The molecule has 0 bridgehead atoms. The van der Waals surface area contributed by atoms with E-state index in [9.17, 15) is 13.6 Å². The number of pyridine rings is 1. The molecule has 6 heteroatoms. The van der Waals surface area contributed by atoms with Gasteiger partial charge in [0.1, 0.15) is 11.6 Å². The Balaban J connectivity index is 2.31. The van der Waals surface area contributed by atoms with E-state index in [1.54, 1.807) is 32.3 Å². The molecule has 21 heavy (non-hydrogen) atoms. The van der Waals surface area contributed by atoms with E-state index in [2.05, 4.69) is 4.98 Å². The fourth-order valence-electron chi connectivity index (χ4n) is 1.67. The molecule has 1 heterocycles. The molecule has 0 atom stereocenters. The zero-order valence-electron chi connectivity index (χ0n) is 11.9. The first kappa shape index (κ1) is 14.9. The summed E-state index contributed by atoms with van der Waals surface area (Å²) in [4.78, 5) is 16.8. The molecular weight excluding hydrogens is 278 g/mol. The van der Waals surface area contributed by atoms with Gasteiger partial charge in [-0.15, -0.1) is 0 Å². The van der Waals surface area contributed by atoms with Crippen LogP contribution in [0.1, 0.15) is 15.9 Å². The van der Waals surface area contributed by atoms with Gasteiger partial charge in [0, 0.05) is 25.2 Å². The summed E-state index contributed by atoms with van der Waals surface area (Å²) < 4.78 is 32.3. The van der Waals surface area contributed by atoms with Crippen molar-refractivity contribution in [3.63, 3.8) is 0 Å². The molecule has 0 fully saturated rings. The van der Waals surface area contributed by atoms with Gasteiger partial charge >= 0.3 is 0 Å². The second kappa shape index (κ2) is 5.87. The summed E-state index contributed by atoms with van der Waals surface area (Å²) in [5.74, 6) is -1.89. The summed E-state index contributed by atoms with van der Waals surface area (Å²) >= 11 is 0. The molecule has 0 aliphatic carbocycles. The van der Waals surface area contributed by atoms with E-state index in [4.69, 9.17) is 4.74 Å². The largest absolute Gasteiger partial charge is 0.436 e. The van der Waals surface area contributed by atoms with Crippen molar-refractivity contribution in [3.8, 4) is 11.6 Å². The normalized spacial score (nSPS) is 10.3. The number of aromatic nitrogens is 1. The number of rotatable bonds is 3. The van der Waals surface area contributed by atoms with Gasteiger partial charge in [0.15, 0.2) is 5.82 Å². The lowest BCUT2D eigenvalue weighted by Crippen LogP contribution is -2.21. The highest BCUT2D eigenvalue weighted by molar-refractivity contribution is 5.94. The lowest BCUT2D eigenvalue weighted by molar-refractivity contribution is 0.0827. The van der Waals surface area contributed by atoms with E-state index in [0.717, 1.165) is 6.20 Å². The second-order valence-corrected chi connectivity index (χ2v) is 4.68. The van der Waals surface area contributed by atoms with Gasteiger partial charge in [0.2, 0.25) is 0 Å². The second-order valence-electron chi connectivity index (χ2n) is 4.68. The van der Waals surface area contributed by atoms with Crippen molar-refractivity contribution in [3.05, 3.63) is 53.2 Å². The molecule has 1 aromatic heterocycles. The van der Waals surface area contributed by atoms with Crippen LogP contribution < -0.4 is 4.74 Å². The van der Waals surface area contributed by atoms with Crippen LogP contribution in [-0.4, -0.2) is 29.9 Å². The van der Waals surface area contributed by atoms with Gasteiger partial charge < -0.3 is 9.64 Å². The van der Waals surface area contributed by atoms with Gasteiger partial charge in [-0.2, -0.15) is 0 Å². The Hall–Kier alpha value is -2.50. The van der Waals surface area contributed by atoms with Crippen molar-refractivity contribution in [1.29, 1.82) is 0 Å². The predicted molar refractivity (Wildman–Crippen MR) is 73.4 cm³/mol. The summed E-state index contributed by atoms with van der Waals surface area (Å²) in [5, 5.41) is 0. The Kier molecular flexibility index (Phi) is 4.16. The number of benzene rings is 1. The van der Waals surface area contributed by atoms with Crippen molar-refractivity contribution in [2.45, 2.75) is 6.92 Å². The number of carbonyl (C=O) groups excluding carboxylic acids is 1. The van der Waals surface area contributed by atoms with Crippen LogP contribution in [-0.2, 0) is 0 Å². The Morgan fingerprint density at radius 2 is 2.00 bits per heavy atom. The van der Waals surface area contributed by atoms with Crippen LogP contribution in [0.3, 0.4) is 0 Å². The first-order valence-electron chi connectivity index (χ1n) is 6.20. The van der Waals surface area contributed by atoms with E-state index < -0.39 is 11.6 Å². The van der Waals surface area contributed by atoms with E-state index in [1.807, 2.05) is 0 Å². The number of nitrogens with zero attached hydrogens (tertiary/aromatic N) is 2. The standard InChI is InChI=1S/C15H14F2N2O2/c1-9-12(16)8-18-14(13(9)17)21-11-6-4-5-10(7-11)15(20)19(2)3/h4-8H,1-3H3. The SMILES string of the molecule is Cc1c(F)cnc(Oc2cccc(C(=O)N(C)C)c2)c1F. The number of ether oxygens (including phenoxy) is 1. The van der Waals surface area contributed by atoms with Crippen LogP contribution in [0, 0.1) is 18.6 Å². The zero-order valence-corrected chi connectivity index (χ0v) is 11.9. The summed E-state index contributed by atoms with van der Waals surface area (Å²) in [7, 11) is 3.25. The van der Waals surface area contributed by atoms with Crippen LogP contribution >= 0.6 is 0 Å². The van der Waals surface area contributed by atoms with Gasteiger partial charge in [0.25, 0.3) is 11.8 Å². The Labute approximate surface area is 121 Å². The maximum Gasteiger partial charge on any atom is 0.256 e. The van der Waals surface area contributed by atoms with Crippen molar-refractivity contribution >= 4 is 5.91 Å². The van der Waals surface area contributed by atoms with Crippen LogP contribution in [0.5, 0.6) is 11.6 Å². The van der Waals surface area contributed by atoms with Crippen molar-refractivity contribution in [1.82, 2.24) is 9.88 Å². The average molecular weight is 292 g/mol. The topological polar surface area (TPSA) is 42.4 Å². The Morgan fingerprint density at radius 3 is 2.67 bits per heavy atom. The smallest absolute Gasteiger partial charge is 0.256 e. The van der Waals surface area contributed by atoms with Crippen LogP contribution in [0.25, 0.3) is 0 Å². The first-order valence-corrected chi connectivity index (χ1v) is 6.20. The molecule has 2 rings (SSSR count). The van der Waals surface area contributed by atoms with Gasteiger partial charge in [0.05, 0.1) is 6.20 Å². The number of amides is 1. The molecule has 0 aliphatic heterocycles. The number of carbonyl (C=O) groups is 1. The molecule has 0 aliphatic rings. The minimum atomic E-state index is -0.862. The van der Waals surface area contributed by atoms with Gasteiger partial charge in [-0.25, -0.2) is 13.8 Å². The highest BCUT2D eigenvalue weighted by Crippen LogP contribution is 2.25. The third-order valence-electron chi connectivity index (χ3n) is 2.87. The van der Waals surface area contributed by atoms with E-state index in [-0.39, 0.29) is 23.1 Å². The molecule has 4 nitrogen and oxygen atoms in total. The van der Waals surface area contributed by atoms with E-state index in [0.29, 0.717) is 5.56 Å². The lowest BCUT2D eigenvalue weighted by atomic mass is 10.2. The predicted octanol–water partition coefficient (Wildman–Crippen LogP) is 3.16. The molecule has 0 N–H and O–H groups in total. The lowest BCUT2D eigenvalue weighted by Gasteiger charge is -2.12. The molecule has 0 spiro atoms. The molecular formula is C15H14F2N2O2. The fraction of sp³-hybridized carbons (Fsp3) is 0.200. The summed E-state index contributed by atoms with van der Waals surface area (Å²) in [6.07, 6.45) is 0.891.